The van der Waals surface area contributed by atoms with Gasteiger partial charge < -0.3 is 20.1 Å². The summed E-state index contributed by atoms with van der Waals surface area (Å²) in [5.41, 5.74) is 1.31. The molecule has 3 rings (SSSR count). The molecule has 10 heteroatoms. The molecule has 0 aliphatic carbocycles. The van der Waals surface area contributed by atoms with Gasteiger partial charge in [-0.2, -0.15) is 4.31 Å². The second kappa shape index (κ2) is 10.2. The number of sulfonamides is 1. The van der Waals surface area contributed by atoms with Gasteiger partial charge in [0.05, 0.1) is 17.9 Å². The van der Waals surface area contributed by atoms with Crippen molar-refractivity contribution in [3.8, 4) is 11.5 Å². The van der Waals surface area contributed by atoms with Gasteiger partial charge in [0.25, 0.3) is 0 Å². The van der Waals surface area contributed by atoms with Gasteiger partial charge in [-0.15, -0.1) is 0 Å². The summed E-state index contributed by atoms with van der Waals surface area (Å²) in [6, 6.07) is 11.0. The first kappa shape index (κ1) is 24.5. The lowest BCUT2D eigenvalue weighted by Crippen LogP contribution is -2.32. The van der Waals surface area contributed by atoms with Crippen LogP contribution in [0.4, 0.5) is 5.69 Å². The molecule has 0 radical (unpaired) electrons. The van der Waals surface area contributed by atoms with E-state index < -0.39 is 15.9 Å². The Morgan fingerprint density at radius 1 is 1.18 bits per heavy atom. The molecule has 0 spiro atoms. The van der Waals surface area contributed by atoms with Gasteiger partial charge in [0.15, 0.2) is 11.5 Å². The molecule has 2 N–H and O–H groups in total. The van der Waals surface area contributed by atoms with Crippen LogP contribution < -0.4 is 15.0 Å². The number of aromatic hydroxyl groups is 1. The number of amides is 2. The van der Waals surface area contributed by atoms with E-state index in [4.69, 9.17) is 4.74 Å². The Bertz CT molecular complexity index is 1110. The summed E-state index contributed by atoms with van der Waals surface area (Å²) in [6.45, 7) is 4.75. The smallest absolute Gasteiger partial charge is 0.243 e. The van der Waals surface area contributed by atoms with Gasteiger partial charge in [0.2, 0.25) is 21.8 Å². The highest BCUT2D eigenvalue weighted by molar-refractivity contribution is 7.89. The molecular weight excluding hydrogens is 446 g/mol. The maximum atomic E-state index is 12.7. The molecular formula is C23H29N3O6S. The van der Waals surface area contributed by atoms with Gasteiger partial charge in [0.1, 0.15) is 0 Å². The summed E-state index contributed by atoms with van der Waals surface area (Å²) in [5.74, 6) is -0.633. The van der Waals surface area contributed by atoms with E-state index in [1.165, 1.54) is 34.5 Å². The quantitative estimate of drug-likeness (QED) is 0.574. The van der Waals surface area contributed by atoms with Crippen molar-refractivity contribution in [2.75, 3.05) is 31.6 Å². The predicted octanol–water partition coefficient (Wildman–Crippen LogP) is 2.10. The topological polar surface area (TPSA) is 116 Å². The molecule has 2 amide bonds. The SMILES string of the molecule is CCN(CC)S(=O)(=O)c1ccc(N2CC(C(=O)NCc3ccc(O)c(OC)c3)CC2=O)cc1. The fourth-order valence-corrected chi connectivity index (χ4v) is 5.27. The third-order valence-electron chi connectivity index (χ3n) is 5.70. The highest BCUT2D eigenvalue weighted by Gasteiger charge is 2.35. The highest BCUT2D eigenvalue weighted by Crippen LogP contribution is 2.28. The zero-order chi connectivity index (χ0) is 24.2. The van der Waals surface area contributed by atoms with Crippen molar-refractivity contribution in [2.45, 2.75) is 31.7 Å². The fourth-order valence-electron chi connectivity index (χ4n) is 3.81. The molecule has 9 nitrogen and oxygen atoms in total. The number of hydrogen-bond acceptors (Lipinski definition) is 6. The number of nitrogens with zero attached hydrogens (tertiary/aromatic N) is 2. The molecule has 1 atom stereocenters. The Hall–Kier alpha value is -3.11. The molecule has 1 aliphatic rings. The van der Waals surface area contributed by atoms with Gasteiger partial charge >= 0.3 is 0 Å². The van der Waals surface area contributed by atoms with E-state index in [1.54, 1.807) is 38.1 Å². The van der Waals surface area contributed by atoms with Crippen LogP contribution in [0.2, 0.25) is 0 Å². The Kier molecular flexibility index (Phi) is 7.60. The average molecular weight is 476 g/mol. The summed E-state index contributed by atoms with van der Waals surface area (Å²) in [7, 11) is -2.13. The van der Waals surface area contributed by atoms with E-state index in [9.17, 15) is 23.1 Å². The first-order valence-corrected chi connectivity index (χ1v) is 12.2. The summed E-state index contributed by atoms with van der Waals surface area (Å²) in [4.78, 5) is 26.8. The normalized spacial score (nSPS) is 16.3. The summed E-state index contributed by atoms with van der Waals surface area (Å²) >= 11 is 0. The number of nitrogens with one attached hydrogen (secondary N) is 1. The molecule has 33 heavy (non-hydrogen) atoms. The van der Waals surface area contributed by atoms with Crippen molar-refractivity contribution in [2.24, 2.45) is 5.92 Å². The zero-order valence-corrected chi connectivity index (χ0v) is 19.8. The minimum Gasteiger partial charge on any atom is -0.504 e. The van der Waals surface area contributed by atoms with Crippen LogP contribution in [0.25, 0.3) is 0 Å². The summed E-state index contributed by atoms with van der Waals surface area (Å²) in [6.07, 6.45) is 0.0736. The van der Waals surface area contributed by atoms with Crippen LogP contribution in [-0.4, -0.2) is 56.4 Å². The third-order valence-corrected chi connectivity index (χ3v) is 7.76. The molecule has 1 heterocycles. The van der Waals surface area contributed by atoms with Gasteiger partial charge in [-0.25, -0.2) is 8.42 Å². The van der Waals surface area contributed by atoms with Crippen LogP contribution >= 0.6 is 0 Å². The van der Waals surface area contributed by atoms with Crippen molar-refractivity contribution in [3.05, 3.63) is 48.0 Å². The molecule has 2 aromatic carbocycles. The number of rotatable bonds is 9. The van der Waals surface area contributed by atoms with E-state index in [-0.39, 0.29) is 42.0 Å². The second-order valence-corrected chi connectivity index (χ2v) is 9.65. The van der Waals surface area contributed by atoms with Gasteiger partial charge in [0, 0.05) is 38.3 Å². The predicted molar refractivity (Wildman–Crippen MR) is 124 cm³/mol. The third kappa shape index (κ3) is 5.28. The van der Waals surface area contributed by atoms with Crippen molar-refractivity contribution in [1.82, 2.24) is 9.62 Å². The van der Waals surface area contributed by atoms with Crippen LogP contribution in [0.1, 0.15) is 25.8 Å². The Labute approximate surface area is 194 Å². The molecule has 0 aromatic heterocycles. The lowest BCUT2D eigenvalue weighted by Gasteiger charge is -2.20. The van der Waals surface area contributed by atoms with Crippen LogP contribution in [0.5, 0.6) is 11.5 Å². The van der Waals surface area contributed by atoms with E-state index in [2.05, 4.69) is 5.32 Å². The standard InChI is InChI=1S/C23H29N3O6S/c1-4-25(5-2)33(30,31)19-9-7-18(8-10-19)26-15-17(13-22(26)28)23(29)24-14-16-6-11-20(27)21(12-16)32-3/h6-12,17,27H,4-5,13-15H2,1-3H3,(H,24,29). The fraction of sp³-hybridized carbons (Fsp3) is 0.391. The second-order valence-electron chi connectivity index (χ2n) is 7.71. The van der Waals surface area contributed by atoms with Gasteiger partial charge in [-0.3, -0.25) is 9.59 Å². The van der Waals surface area contributed by atoms with Crippen LogP contribution in [-0.2, 0) is 26.2 Å². The molecule has 1 saturated heterocycles. The first-order valence-electron chi connectivity index (χ1n) is 10.7. The van der Waals surface area contributed by atoms with E-state index in [1.807, 2.05) is 0 Å². The number of hydrogen-bond donors (Lipinski definition) is 2. The van der Waals surface area contributed by atoms with Crippen molar-refractivity contribution in [3.63, 3.8) is 0 Å². The molecule has 0 saturated carbocycles. The maximum Gasteiger partial charge on any atom is 0.243 e. The lowest BCUT2D eigenvalue weighted by molar-refractivity contribution is -0.126. The van der Waals surface area contributed by atoms with E-state index in [0.717, 1.165) is 5.56 Å². The minimum atomic E-state index is -3.58. The number of benzene rings is 2. The number of phenols is 1. The van der Waals surface area contributed by atoms with Crippen molar-refractivity contribution < 1.29 is 27.9 Å². The molecule has 1 aliphatic heterocycles. The molecule has 1 unspecified atom stereocenters. The first-order chi connectivity index (χ1) is 15.7. The highest BCUT2D eigenvalue weighted by atomic mass is 32.2. The van der Waals surface area contributed by atoms with E-state index >= 15 is 0 Å². The number of phenolic OH excluding ortho intramolecular Hbond substituents is 1. The van der Waals surface area contributed by atoms with Gasteiger partial charge in [-0.1, -0.05) is 19.9 Å². The van der Waals surface area contributed by atoms with Gasteiger partial charge in [-0.05, 0) is 42.0 Å². The largest absolute Gasteiger partial charge is 0.504 e. The number of anilines is 1. The summed E-state index contributed by atoms with van der Waals surface area (Å²) in [5, 5.41) is 12.5. The van der Waals surface area contributed by atoms with E-state index in [0.29, 0.717) is 24.5 Å². The zero-order valence-electron chi connectivity index (χ0n) is 18.9. The Morgan fingerprint density at radius 2 is 1.85 bits per heavy atom. The van der Waals surface area contributed by atoms with Crippen molar-refractivity contribution in [1.29, 1.82) is 0 Å². The van der Waals surface area contributed by atoms with Crippen LogP contribution in [0, 0.1) is 5.92 Å². The minimum absolute atomic E-state index is 0.0144. The molecule has 2 aromatic rings. The number of methoxy groups -OCH3 is 1. The lowest BCUT2D eigenvalue weighted by atomic mass is 10.1. The number of carbonyl (C=O) groups excluding carboxylic acids is 2. The van der Waals surface area contributed by atoms with Crippen molar-refractivity contribution >= 4 is 27.5 Å². The maximum absolute atomic E-state index is 12.7. The Balaban J connectivity index is 1.64. The van der Waals surface area contributed by atoms with Crippen LogP contribution in [0.15, 0.2) is 47.4 Å². The Morgan fingerprint density at radius 3 is 2.45 bits per heavy atom. The average Bonchev–Trinajstić information content (AvgIpc) is 3.20. The molecule has 1 fully saturated rings. The number of ether oxygens (including phenoxy) is 1. The van der Waals surface area contributed by atoms with Crippen LogP contribution in [0.3, 0.4) is 0 Å². The molecule has 0 bridgehead atoms. The monoisotopic (exact) mass is 475 g/mol. The number of carbonyl (C=O) groups is 2. The summed E-state index contributed by atoms with van der Waals surface area (Å²) < 4.78 is 31.7. The molecule has 178 valence electrons.